The number of aliphatic carboxylic acids is 1. The average molecular weight is 371 g/mol. The number of rotatable bonds is 17. The van der Waals surface area contributed by atoms with Crippen molar-refractivity contribution in [2.24, 2.45) is 5.41 Å². The molecule has 0 aliphatic heterocycles. The van der Waals surface area contributed by atoms with Gasteiger partial charge in [-0.15, -0.1) is 0 Å². The molecule has 0 aliphatic carbocycles. The Bertz CT molecular complexity index is 358. The number of hydrogen-bond donors (Lipinski definition) is 1. The Balaban J connectivity index is 3.72. The van der Waals surface area contributed by atoms with E-state index in [1.54, 1.807) is 0 Å². The average Bonchev–Trinajstić information content (AvgIpc) is 2.49. The van der Waals surface area contributed by atoms with Gasteiger partial charge in [0.25, 0.3) is 0 Å². The highest BCUT2D eigenvalue weighted by atomic mass is 16.4. The molecule has 3 heteroatoms. The topological polar surface area (TPSA) is 37.3 Å². The molecule has 3 nitrogen and oxygen atoms in total. The van der Waals surface area contributed by atoms with Crippen molar-refractivity contribution in [3.63, 3.8) is 0 Å². The number of carboxylic acids is 1. The van der Waals surface area contributed by atoms with Gasteiger partial charge in [-0.1, -0.05) is 104 Å². The molecular weight excluding hydrogens is 322 g/mol. The molecule has 1 atom stereocenters. The highest BCUT2D eigenvalue weighted by molar-refractivity contribution is 5.73. The largest absolute Gasteiger partial charge is 0.477 e. The maximum Gasteiger partial charge on any atom is 0.363 e. The van der Waals surface area contributed by atoms with E-state index in [2.05, 4.69) is 20.8 Å². The lowest BCUT2D eigenvalue weighted by molar-refractivity contribution is -0.894. The minimum absolute atomic E-state index is 0.165. The summed E-state index contributed by atoms with van der Waals surface area (Å²) in [6, 6.07) is -0.347. The zero-order valence-electron chi connectivity index (χ0n) is 18.8. The van der Waals surface area contributed by atoms with Crippen molar-refractivity contribution in [1.82, 2.24) is 0 Å². The molecule has 0 rings (SSSR count). The van der Waals surface area contributed by atoms with Crippen LogP contribution < -0.4 is 0 Å². The Morgan fingerprint density at radius 1 is 0.769 bits per heavy atom. The fourth-order valence-electron chi connectivity index (χ4n) is 4.45. The first-order valence-electron chi connectivity index (χ1n) is 11.2. The zero-order valence-corrected chi connectivity index (χ0v) is 18.8. The van der Waals surface area contributed by atoms with Crippen LogP contribution in [0.4, 0.5) is 0 Å². The summed E-state index contributed by atoms with van der Waals surface area (Å²) < 4.78 is 0.487. The highest BCUT2D eigenvalue weighted by Gasteiger charge is 2.44. The first-order valence-corrected chi connectivity index (χ1v) is 11.2. The third kappa shape index (κ3) is 11.9. The molecule has 0 spiro atoms. The Kier molecular flexibility index (Phi) is 13.3. The van der Waals surface area contributed by atoms with Gasteiger partial charge in [-0.05, 0) is 6.42 Å². The molecule has 156 valence electrons. The highest BCUT2D eigenvalue weighted by Crippen LogP contribution is 2.33. The van der Waals surface area contributed by atoms with E-state index in [4.69, 9.17) is 0 Å². The second kappa shape index (κ2) is 13.6. The fraction of sp³-hybridized carbons (Fsp3) is 0.957. The smallest absolute Gasteiger partial charge is 0.363 e. The van der Waals surface area contributed by atoms with Crippen molar-refractivity contribution in [3.8, 4) is 0 Å². The molecule has 0 bridgehead atoms. The van der Waals surface area contributed by atoms with Crippen molar-refractivity contribution in [2.45, 2.75) is 117 Å². The summed E-state index contributed by atoms with van der Waals surface area (Å²) in [6.07, 6.45) is 18.6. The molecule has 0 aliphatic rings. The Labute approximate surface area is 164 Å². The minimum Gasteiger partial charge on any atom is -0.477 e. The number of quaternary nitrogens is 1. The molecule has 0 aromatic heterocycles. The number of unbranched alkanes of at least 4 members (excludes halogenated alkanes) is 12. The van der Waals surface area contributed by atoms with Crippen LogP contribution in [0.3, 0.4) is 0 Å². The van der Waals surface area contributed by atoms with Crippen LogP contribution >= 0.6 is 0 Å². The Hall–Kier alpha value is -0.570. The predicted octanol–water partition coefficient (Wildman–Crippen LogP) is 6.65. The first-order chi connectivity index (χ1) is 12.1. The summed E-state index contributed by atoms with van der Waals surface area (Å²) in [7, 11) is 5.97. The van der Waals surface area contributed by atoms with E-state index in [1.165, 1.54) is 77.0 Å². The van der Waals surface area contributed by atoms with Gasteiger partial charge < -0.3 is 9.59 Å². The molecule has 0 amide bonds. The summed E-state index contributed by atoms with van der Waals surface area (Å²) >= 11 is 0. The molecule has 0 aromatic rings. The first kappa shape index (κ1) is 25.4. The molecule has 0 fully saturated rings. The van der Waals surface area contributed by atoms with Gasteiger partial charge >= 0.3 is 5.97 Å². The second-order valence-electron chi connectivity index (χ2n) is 9.84. The molecule has 26 heavy (non-hydrogen) atoms. The van der Waals surface area contributed by atoms with Gasteiger partial charge in [0, 0.05) is 5.41 Å². The SMILES string of the molecule is CCCCCCCCCCCCCCCC(C)(C)C(C(=O)O)[N+](C)(C)C. The fourth-order valence-corrected chi connectivity index (χ4v) is 4.45. The van der Waals surface area contributed by atoms with E-state index >= 15 is 0 Å². The van der Waals surface area contributed by atoms with Crippen molar-refractivity contribution in [3.05, 3.63) is 0 Å². The molecule has 0 aromatic carbocycles. The summed E-state index contributed by atoms with van der Waals surface area (Å²) in [5.74, 6) is -0.669. The van der Waals surface area contributed by atoms with Gasteiger partial charge in [0.05, 0.1) is 21.1 Å². The third-order valence-electron chi connectivity index (χ3n) is 5.67. The van der Waals surface area contributed by atoms with Crippen molar-refractivity contribution < 1.29 is 14.4 Å². The van der Waals surface area contributed by atoms with Gasteiger partial charge in [-0.3, -0.25) is 0 Å². The normalized spacial score (nSPS) is 13.8. The van der Waals surface area contributed by atoms with Gasteiger partial charge in [-0.25, -0.2) is 4.79 Å². The summed E-state index contributed by atoms with van der Waals surface area (Å²) in [4.78, 5) is 11.7. The van der Waals surface area contributed by atoms with E-state index in [0.717, 1.165) is 12.8 Å². The van der Waals surface area contributed by atoms with E-state index < -0.39 is 5.97 Å². The van der Waals surface area contributed by atoms with E-state index in [-0.39, 0.29) is 11.5 Å². The quantitative estimate of drug-likeness (QED) is 0.230. The lowest BCUT2D eigenvalue weighted by Crippen LogP contribution is -2.57. The van der Waals surface area contributed by atoms with Crippen molar-refractivity contribution in [1.29, 1.82) is 0 Å². The van der Waals surface area contributed by atoms with Crippen LogP contribution in [0.5, 0.6) is 0 Å². The number of likely N-dealkylation sites (N-methyl/N-ethyl adjacent to an activating group) is 1. The van der Waals surface area contributed by atoms with Crippen molar-refractivity contribution >= 4 is 5.97 Å². The van der Waals surface area contributed by atoms with E-state index in [1.807, 2.05) is 21.1 Å². The van der Waals surface area contributed by atoms with Crippen LogP contribution in [0.2, 0.25) is 0 Å². The lowest BCUT2D eigenvalue weighted by atomic mass is 9.78. The zero-order chi connectivity index (χ0) is 20.1. The summed E-state index contributed by atoms with van der Waals surface area (Å²) in [5.41, 5.74) is -0.165. The minimum atomic E-state index is -0.669. The standard InChI is InChI=1S/C23H47NO2/c1-7-8-9-10-11-12-13-14-15-16-17-18-19-20-23(2,3)21(22(25)26)24(4,5)6/h21H,7-20H2,1-6H3/p+1. The summed E-state index contributed by atoms with van der Waals surface area (Å²) in [5, 5.41) is 9.63. The molecule has 0 heterocycles. The van der Waals surface area contributed by atoms with Crippen LogP contribution in [-0.4, -0.2) is 42.7 Å². The van der Waals surface area contributed by atoms with Crippen LogP contribution in [0.15, 0.2) is 0 Å². The van der Waals surface area contributed by atoms with Crippen LogP contribution in [0.25, 0.3) is 0 Å². The Morgan fingerprint density at radius 2 is 1.12 bits per heavy atom. The number of nitrogens with zero attached hydrogens (tertiary/aromatic N) is 1. The van der Waals surface area contributed by atoms with Crippen LogP contribution in [-0.2, 0) is 4.79 Å². The number of carboxylic acid groups (broad SMARTS) is 1. The molecular formula is C23H48NO2+. The predicted molar refractivity (Wildman–Crippen MR) is 114 cm³/mol. The maximum absolute atomic E-state index is 11.7. The van der Waals surface area contributed by atoms with E-state index in [9.17, 15) is 9.90 Å². The molecule has 1 unspecified atom stereocenters. The van der Waals surface area contributed by atoms with Gasteiger partial charge in [-0.2, -0.15) is 0 Å². The molecule has 0 saturated carbocycles. The van der Waals surface area contributed by atoms with E-state index in [0.29, 0.717) is 4.48 Å². The molecule has 1 N–H and O–H groups in total. The monoisotopic (exact) mass is 370 g/mol. The van der Waals surface area contributed by atoms with Crippen molar-refractivity contribution in [2.75, 3.05) is 21.1 Å². The van der Waals surface area contributed by atoms with Gasteiger partial charge in [0.15, 0.2) is 6.04 Å². The van der Waals surface area contributed by atoms with Gasteiger partial charge in [0.2, 0.25) is 0 Å². The van der Waals surface area contributed by atoms with Crippen LogP contribution in [0, 0.1) is 5.41 Å². The van der Waals surface area contributed by atoms with Crippen LogP contribution in [0.1, 0.15) is 111 Å². The molecule has 0 radical (unpaired) electrons. The molecule has 0 saturated heterocycles. The second-order valence-corrected chi connectivity index (χ2v) is 9.84. The van der Waals surface area contributed by atoms with Gasteiger partial charge in [0.1, 0.15) is 0 Å². The number of carbonyl (C=O) groups is 1. The maximum atomic E-state index is 11.7. The lowest BCUT2D eigenvalue weighted by Gasteiger charge is -2.41. The summed E-state index contributed by atoms with van der Waals surface area (Å²) in [6.45, 7) is 6.51. The number of hydrogen-bond acceptors (Lipinski definition) is 1. The third-order valence-corrected chi connectivity index (χ3v) is 5.67. The Morgan fingerprint density at radius 3 is 1.42 bits per heavy atom.